The molecule has 0 bridgehead atoms. The van der Waals surface area contributed by atoms with Gasteiger partial charge in [0.05, 0.1) is 19.5 Å². The van der Waals surface area contributed by atoms with Crippen molar-refractivity contribution in [3.63, 3.8) is 0 Å². The quantitative estimate of drug-likeness (QED) is 0.0911. The van der Waals surface area contributed by atoms with E-state index in [9.17, 15) is 18.0 Å². The number of aliphatic hydroxyl groups is 1. The number of unbranched alkanes of at least 4 members (excludes halogenated alkanes) is 1. The molecule has 0 saturated heterocycles. The third-order valence-electron chi connectivity index (χ3n) is 5.42. The van der Waals surface area contributed by atoms with E-state index in [2.05, 4.69) is 69.8 Å². The van der Waals surface area contributed by atoms with Crippen molar-refractivity contribution >= 4 is 43.3 Å². The Kier molecular flexibility index (Phi) is 42.1. The van der Waals surface area contributed by atoms with Gasteiger partial charge in [-0.3, -0.25) is 20.1 Å². The molecule has 10 nitrogen and oxygen atoms in total. The van der Waals surface area contributed by atoms with Gasteiger partial charge in [-0.2, -0.15) is 13.2 Å². The molecule has 0 radical (unpaired) electrons. The van der Waals surface area contributed by atoms with Crippen LogP contribution in [-0.4, -0.2) is 78.4 Å². The molecule has 8 N–H and O–H groups in total. The largest absolute Gasteiger partial charge is 0.450 e. The molecule has 1 aliphatic carbocycles. The topological polar surface area (TPSA) is 171 Å². The summed E-state index contributed by atoms with van der Waals surface area (Å²) in [6.45, 7) is 16.4. The van der Waals surface area contributed by atoms with Gasteiger partial charge >= 0.3 is 6.18 Å². The number of carbonyl (C=O) groups excluding carboxylic acids is 1. The Hall–Kier alpha value is -3.80. The zero-order valence-corrected chi connectivity index (χ0v) is 30.1. The summed E-state index contributed by atoms with van der Waals surface area (Å²) >= 11 is 5.84. The predicted octanol–water partition coefficient (Wildman–Crippen LogP) is 6.72. The fraction of sp³-hybridized carbons (Fsp3) is 0.471. The molecule has 1 fully saturated rings. The molecule has 0 atom stereocenters. The van der Waals surface area contributed by atoms with Crippen molar-refractivity contribution in [2.24, 2.45) is 21.5 Å². The number of terminal acetylenes is 1. The van der Waals surface area contributed by atoms with E-state index in [1.807, 2.05) is 32.1 Å². The second-order valence-corrected chi connectivity index (χ2v) is 8.83. The maximum absolute atomic E-state index is 11.6. The van der Waals surface area contributed by atoms with Crippen LogP contribution in [0, 0.1) is 17.9 Å². The van der Waals surface area contributed by atoms with Crippen LogP contribution in [0.15, 0.2) is 58.5 Å². The van der Waals surface area contributed by atoms with E-state index in [1.165, 1.54) is 32.6 Å². The van der Waals surface area contributed by atoms with Crippen molar-refractivity contribution in [2.45, 2.75) is 64.6 Å². The first-order valence-corrected chi connectivity index (χ1v) is 15.3. The summed E-state index contributed by atoms with van der Waals surface area (Å²) in [6, 6.07) is 15.0. The number of nitrogens with two attached hydrogens (primary N) is 2. The van der Waals surface area contributed by atoms with Crippen molar-refractivity contribution in [3.8, 4) is 12.5 Å². The lowest BCUT2D eigenvalue weighted by molar-refractivity contribution is -0.130. The van der Waals surface area contributed by atoms with Crippen LogP contribution in [0.3, 0.4) is 0 Å². The van der Waals surface area contributed by atoms with Crippen LogP contribution in [0.25, 0.3) is 0 Å². The van der Waals surface area contributed by atoms with Crippen LogP contribution in [0.5, 0.6) is 0 Å². The molecule has 1 amide bonds. The normalized spacial score (nSPS) is 10.8. The Labute approximate surface area is 291 Å². The maximum atomic E-state index is 11.6. The maximum Gasteiger partial charge on any atom is 0.388 e. The van der Waals surface area contributed by atoms with Gasteiger partial charge in [0, 0.05) is 36.2 Å². The lowest BCUT2D eigenvalue weighted by Crippen LogP contribution is -2.28. The van der Waals surface area contributed by atoms with Gasteiger partial charge in [0.15, 0.2) is 0 Å². The number of aliphatic hydroxyl groups excluding tert-OH is 1. The molecule has 3 rings (SSSR count). The average molecular weight is 704 g/mol. The molecule has 274 valence electrons. The summed E-state index contributed by atoms with van der Waals surface area (Å²) in [4.78, 5) is 19.2. The van der Waals surface area contributed by atoms with E-state index in [0.29, 0.717) is 25.3 Å². The summed E-state index contributed by atoms with van der Waals surface area (Å²) in [7, 11) is 3.94. The summed E-state index contributed by atoms with van der Waals surface area (Å²) in [5.41, 5.74) is 12.7. The highest BCUT2D eigenvalue weighted by Gasteiger charge is 2.43. The molecular weight excluding hydrogens is 647 g/mol. The summed E-state index contributed by atoms with van der Waals surface area (Å²) in [5, 5.41) is 19.5. The third-order valence-corrected chi connectivity index (χ3v) is 5.68. The highest BCUT2D eigenvalue weighted by molar-refractivity contribution is 6.30. The Morgan fingerprint density at radius 1 is 1.08 bits per heavy atom. The number of hydrogen-bond acceptors (Lipinski definition) is 9. The van der Waals surface area contributed by atoms with Gasteiger partial charge in [-0.1, -0.05) is 50.9 Å². The first-order chi connectivity index (χ1) is 23.0. The van der Waals surface area contributed by atoms with Crippen molar-refractivity contribution in [2.75, 3.05) is 41.0 Å². The number of alkyl halides is 3. The lowest BCUT2D eigenvalue weighted by Gasteiger charge is -2.16. The molecule has 0 aromatic heterocycles. The molecule has 0 aliphatic heterocycles. The van der Waals surface area contributed by atoms with E-state index < -0.39 is 12.6 Å². The standard InChI is InChI=1S/C12H17N3O.C11H13ClN2.C3H5F3.C3H4O.C2H6.CH5N.CH3N.CH4O/c1-14-11-6-4-10(5-7-11)12(16)15-9-3-2-8-13;1-13-8-14-11(6-7-11)9-2-4-10(12)5-3-9;1-2-3(4,5)6;1-3-4-2;4*1-2/h4-7H,1-3,8-9,13H2,(H,15,16);2-5,14H,1,6-8H2;2H2,1H3;1H,2H3;1-2H3;2H2,1H3;2H,1H2;2H,1H3. The van der Waals surface area contributed by atoms with Gasteiger partial charge in [0.1, 0.15) is 6.11 Å². The number of carbonyl (C=O) groups is 1. The van der Waals surface area contributed by atoms with Gasteiger partial charge in [-0.05, 0) is 101 Å². The summed E-state index contributed by atoms with van der Waals surface area (Å²) in [6.07, 6.45) is 5.98. The van der Waals surface area contributed by atoms with Crippen molar-refractivity contribution < 1.29 is 27.8 Å². The second-order valence-electron chi connectivity index (χ2n) is 8.39. The highest BCUT2D eigenvalue weighted by atomic mass is 35.5. The molecule has 0 unspecified atom stereocenters. The number of hydrogen-bond donors (Lipinski definition) is 6. The Balaban J connectivity index is -0.000000174. The van der Waals surface area contributed by atoms with Gasteiger partial charge < -0.3 is 32.0 Å². The second kappa shape index (κ2) is 37.7. The molecule has 1 saturated carbocycles. The van der Waals surface area contributed by atoms with Crippen LogP contribution in [-0.2, 0) is 10.3 Å². The van der Waals surface area contributed by atoms with Crippen LogP contribution >= 0.6 is 11.6 Å². The number of nitrogens with zero attached hydrogens (tertiary/aromatic N) is 2. The van der Waals surface area contributed by atoms with E-state index in [0.717, 1.165) is 37.6 Å². The lowest BCUT2D eigenvalue weighted by atomic mass is 10.1. The fourth-order valence-corrected chi connectivity index (χ4v) is 3.09. The van der Waals surface area contributed by atoms with Crippen molar-refractivity contribution in [1.82, 2.24) is 10.6 Å². The minimum atomic E-state index is -3.96. The number of benzene rings is 2. The molecule has 0 heterocycles. The third kappa shape index (κ3) is 30.8. The molecule has 2 aromatic carbocycles. The van der Waals surface area contributed by atoms with Gasteiger partial charge in [-0.25, -0.2) is 0 Å². The van der Waals surface area contributed by atoms with Crippen molar-refractivity contribution in [1.29, 1.82) is 5.41 Å². The average Bonchev–Trinajstić information content (AvgIpc) is 3.94. The number of amides is 1. The first kappa shape index (κ1) is 53.7. The molecule has 2 aromatic rings. The van der Waals surface area contributed by atoms with E-state index in [1.54, 1.807) is 24.3 Å². The molecule has 0 spiro atoms. The first-order valence-electron chi connectivity index (χ1n) is 14.9. The van der Waals surface area contributed by atoms with E-state index in [4.69, 9.17) is 27.9 Å². The van der Waals surface area contributed by atoms with Crippen LogP contribution in [0.1, 0.15) is 68.8 Å². The van der Waals surface area contributed by atoms with Gasteiger partial charge in [0.2, 0.25) is 0 Å². The monoisotopic (exact) mass is 703 g/mol. The van der Waals surface area contributed by atoms with Gasteiger partial charge in [-0.15, -0.1) is 0 Å². The van der Waals surface area contributed by atoms with Crippen LogP contribution in [0.4, 0.5) is 18.9 Å². The minimum Gasteiger partial charge on any atom is -0.450 e. The fourth-order valence-electron chi connectivity index (χ4n) is 2.96. The molecule has 48 heavy (non-hydrogen) atoms. The summed E-state index contributed by atoms with van der Waals surface area (Å²) in [5.74, 6) is -0.0624. The Morgan fingerprint density at radius 2 is 1.54 bits per heavy atom. The van der Waals surface area contributed by atoms with Crippen molar-refractivity contribution in [3.05, 3.63) is 64.7 Å². The summed E-state index contributed by atoms with van der Waals surface area (Å²) < 4.78 is 36.4. The van der Waals surface area contributed by atoms with E-state index in [-0.39, 0.29) is 11.4 Å². The number of ether oxygens (including phenoxy) is 1. The molecular formula is C34H57ClF3N7O3. The predicted molar refractivity (Wildman–Crippen MR) is 198 cm³/mol. The number of methoxy groups -OCH3 is 1. The van der Waals surface area contributed by atoms with Crippen LogP contribution in [0.2, 0.25) is 5.02 Å². The Morgan fingerprint density at radius 3 is 1.88 bits per heavy atom. The number of aliphatic imine (C=N–C) groups is 2. The minimum absolute atomic E-state index is 0.0624. The zero-order chi connectivity index (χ0) is 38.4. The van der Waals surface area contributed by atoms with Gasteiger partial charge in [0.25, 0.3) is 5.91 Å². The highest BCUT2D eigenvalue weighted by Crippen LogP contribution is 2.45. The zero-order valence-electron chi connectivity index (χ0n) is 29.3. The Bertz CT molecular complexity index is 1060. The van der Waals surface area contributed by atoms with E-state index >= 15 is 0 Å². The van der Waals surface area contributed by atoms with Crippen LogP contribution < -0.4 is 22.1 Å². The number of nitrogens with one attached hydrogen (secondary N) is 3. The molecule has 1 aliphatic rings. The SMILES string of the molecule is C#COC.C=N.C=NCNC1(c2ccc(Cl)cc2)CC1.C=Nc1ccc(C(=O)NCCCCN)cc1.CC.CCC(F)(F)F.CN.CO. The number of rotatable bonds is 10. The smallest absolute Gasteiger partial charge is 0.388 e. The number of halogens is 4. The molecule has 14 heteroatoms.